The lowest BCUT2D eigenvalue weighted by molar-refractivity contribution is -0.143. The van der Waals surface area contributed by atoms with Gasteiger partial charge in [-0.05, 0) is 87.4 Å². The van der Waals surface area contributed by atoms with Crippen molar-refractivity contribution in [1.29, 1.82) is 0 Å². The summed E-state index contributed by atoms with van der Waals surface area (Å²) in [4.78, 5) is 14.3. The molecule has 3 nitrogen and oxygen atoms in total. The van der Waals surface area contributed by atoms with Crippen LogP contribution in [0.4, 0.5) is 0 Å². The van der Waals surface area contributed by atoms with E-state index in [4.69, 9.17) is 0 Å². The number of carbonyl (C=O) groups is 1. The van der Waals surface area contributed by atoms with Crippen molar-refractivity contribution in [1.82, 2.24) is 4.90 Å². The molecule has 0 bridgehead atoms. The average Bonchev–Trinajstić information content (AvgIpc) is 2.85. The van der Waals surface area contributed by atoms with Crippen molar-refractivity contribution in [3.8, 4) is 0 Å². The Morgan fingerprint density at radius 3 is 2.57 bits per heavy atom. The number of carbonyl (C=O) groups excluding carboxylic acids is 1. The quantitative estimate of drug-likeness (QED) is 0.741. The molecule has 1 saturated heterocycles. The van der Waals surface area contributed by atoms with Gasteiger partial charge in [-0.2, -0.15) is 0 Å². The van der Waals surface area contributed by atoms with Gasteiger partial charge in [-0.15, -0.1) is 0 Å². The maximum absolute atomic E-state index is 12.1. The Labute approximate surface area is 140 Å². The summed E-state index contributed by atoms with van der Waals surface area (Å²) >= 11 is 0. The molecule has 3 saturated carbocycles. The molecular formula is C20H33NO2. The van der Waals surface area contributed by atoms with Crippen molar-refractivity contribution in [2.75, 3.05) is 6.54 Å². The van der Waals surface area contributed by atoms with E-state index in [0.717, 1.165) is 37.1 Å². The zero-order valence-corrected chi connectivity index (χ0v) is 15.1. The normalized spacial score (nSPS) is 52.5. The van der Waals surface area contributed by atoms with Gasteiger partial charge in [-0.3, -0.25) is 4.79 Å². The molecule has 0 aromatic heterocycles. The highest BCUT2D eigenvalue weighted by Gasteiger charge is 2.60. The van der Waals surface area contributed by atoms with Gasteiger partial charge in [0.05, 0.1) is 6.10 Å². The Kier molecular flexibility index (Phi) is 3.61. The van der Waals surface area contributed by atoms with Crippen LogP contribution in [0.15, 0.2) is 0 Å². The van der Waals surface area contributed by atoms with Crippen LogP contribution in [0, 0.1) is 29.1 Å². The maximum Gasteiger partial charge on any atom is 0.219 e. The number of hydrogen-bond acceptors (Lipinski definition) is 2. The molecule has 4 rings (SSSR count). The SMILES string of the molecule is CC(=O)N1CC[C@H]2[C@@H]3CC[C@H]4C[C@H](O)CC[C@]4(C)[C@H]3CC[C@@]21C. The lowest BCUT2D eigenvalue weighted by Crippen LogP contribution is -2.58. The van der Waals surface area contributed by atoms with Crippen LogP contribution in [0.1, 0.15) is 72.1 Å². The van der Waals surface area contributed by atoms with Crippen molar-refractivity contribution >= 4 is 5.91 Å². The van der Waals surface area contributed by atoms with E-state index >= 15 is 0 Å². The molecule has 3 aliphatic carbocycles. The maximum atomic E-state index is 12.1. The van der Waals surface area contributed by atoms with E-state index in [0.29, 0.717) is 11.3 Å². The largest absolute Gasteiger partial charge is 0.393 e. The van der Waals surface area contributed by atoms with Crippen molar-refractivity contribution in [3.05, 3.63) is 0 Å². The van der Waals surface area contributed by atoms with Crippen LogP contribution in [0.25, 0.3) is 0 Å². The van der Waals surface area contributed by atoms with Crippen LogP contribution in [0.5, 0.6) is 0 Å². The predicted molar refractivity (Wildman–Crippen MR) is 90.8 cm³/mol. The molecular weight excluding hydrogens is 286 g/mol. The molecule has 1 amide bonds. The Morgan fingerprint density at radius 1 is 1.04 bits per heavy atom. The highest BCUT2D eigenvalue weighted by atomic mass is 16.3. The number of aliphatic hydroxyl groups is 1. The van der Waals surface area contributed by atoms with Crippen molar-refractivity contribution in [2.24, 2.45) is 29.1 Å². The van der Waals surface area contributed by atoms with Gasteiger partial charge in [-0.1, -0.05) is 6.92 Å². The molecule has 4 fully saturated rings. The van der Waals surface area contributed by atoms with Gasteiger partial charge >= 0.3 is 0 Å². The second-order valence-corrected chi connectivity index (χ2v) is 9.44. The first-order valence-electron chi connectivity index (χ1n) is 9.82. The molecule has 130 valence electrons. The molecule has 23 heavy (non-hydrogen) atoms. The summed E-state index contributed by atoms with van der Waals surface area (Å²) in [6.45, 7) is 7.61. The zero-order valence-electron chi connectivity index (χ0n) is 15.1. The lowest BCUT2D eigenvalue weighted by Gasteiger charge is -2.60. The van der Waals surface area contributed by atoms with E-state index in [1.54, 1.807) is 6.92 Å². The van der Waals surface area contributed by atoms with E-state index < -0.39 is 0 Å². The van der Waals surface area contributed by atoms with E-state index in [2.05, 4.69) is 18.7 Å². The molecule has 0 spiro atoms. The van der Waals surface area contributed by atoms with Gasteiger partial charge in [0, 0.05) is 19.0 Å². The molecule has 3 heteroatoms. The molecule has 0 unspecified atom stereocenters. The monoisotopic (exact) mass is 319 g/mol. The minimum atomic E-state index is -0.0573. The van der Waals surface area contributed by atoms with E-state index in [-0.39, 0.29) is 17.6 Å². The molecule has 1 aliphatic heterocycles. The molecule has 1 N–H and O–H groups in total. The Bertz CT molecular complexity index is 506. The van der Waals surface area contributed by atoms with Gasteiger partial charge in [0.15, 0.2) is 0 Å². The smallest absolute Gasteiger partial charge is 0.219 e. The second kappa shape index (κ2) is 5.21. The summed E-state index contributed by atoms with van der Waals surface area (Å²) in [6, 6.07) is 0. The molecule has 0 aromatic rings. The highest BCUT2D eigenvalue weighted by molar-refractivity contribution is 5.74. The van der Waals surface area contributed by atoms with Gasteiger partial charge in [0.1, 0.15) is 0 Å². The third kappa shape index (κ3) is 2.14. The fraction of sp³-hybridized carbons (Fsp3) is 0.950. The molecule has 0 radical (unpaired) electrons. The second-order valence-electron chi connectivity index (χ2n) is 9.44. The summed E-state index contributed by atoms with van der Waals surface area (Å²) in [5, 5.41) is 10.1. The van der Waals surface area contributed by atoms with Gasteiger partial charge in [0.25, 0.3) is 0 Å². The van der Waals surface area contributed by atoms with Gasteiger partial charge in [0.2, 0.25) is 5.91 Å². The van der Waals surface area contributed by atoms with Crippen LogP contribution >= 0.6 is 0 Å². The number of amides is 1. The number of aliphatic hydroxyl groups excluding tert-OH is 1. The predicted octanol–water partition coefficient (Wildman–Crippen LogP) is 3.60. The van der Waals surface area contributed by atoms with Crippen molar-refractivity contribution in [2.45, 2.75) is 83.8 Å². The summed E-state index contributed by atoms with van der Waals surface area (Å²) in [5.74, 6) is 3.32. The van der Waals surface area contributed by atoms with Crippen LogP contribution in [-0.2, 0) is 4.79 Å². The van der Waals surface area contributed by atoms with Crippen molar-refractivity contribution < 1.29 is 9.90 Å². The average molecular weight is 319 g/mol. The standard InChI is InChI=1S/C20H33NO2/c1-13(22)21-11-8-18-16-5-4-14-12-15(23)6-9-19(14,2)17(16)7-10-20(18,21)3/h14-18,23H,4-12H2,1-3H3/t14-,15+,16+,17-,18-,19-,20-/m0/s1. The molecule has 4 aliphatic rings. The summed E-state index contributed by atoms with van der Waals surface area (Å²) in [5.41, 5.74) is 0.553. The van der Waals surface area contributed by atoms with Crippen LogP contribution in [0.2, 0.25) is 0 Å². The topological polar surface area (TPSA) is 40.5 Å². The summed E-state index contributed by atoms with van der Waals surface area (Å²) in [6.07, 6.45) is 9.47. The van der Waals surface area contributed by atoms with Gasteiger partial charge < -0.3 is 10.0 Å². The van der Waals surface area contributed by atoms with E-state index in [9.17, 15) is 9.90 Å². The number of fused-ring (bicyclic) bond motifs is 5. The van der Waals surface area contributed by atoms with Crippen molar-refractivity contribution in [3.63, 3.8) is 0 Å². The Hall–Kier alpha value is -0.570. The first kappa shape index (κ1) is 15.9. The summed E-state index contributed by atoms with van der Waals surface area (Å²) < 4.78 is 0. The number of nitrogens with zero attached hydrogens (tertiary/aromatic N) is 1. The van der Waals surface area contributed by atoms with Gasteiger partial charge in [-0.25, -0.2) is 0 Å². The molecule has 1 heterocycles. The zero-order chi connectivity index (χ0) is 16.4. The van der Waals surface area contributed by atoms with E-state index in [1.165, 1.54) is 38.5 Å². The molecule has 7 atom stereocenters. The third-order valence-electron chi connectivity index (χ3n) is 8.66. The number of rotatable bonds is 0. The number of likely N-dealkylation sites (tertiary alicyclic amines) is 1. The first-order valence-corrected chi connectivity index (χ1v) is 9.82. The minimum absolute atomic E-state index is 0.0573. The Balaban J connectivity index is 1.61. The fourth-order valence-electron chi connectivity index (χ4n) is 7.44. The Morgan fingerprint density at radius 2 is 1.83 bits per heavy atom. The van der Waals surface area contributed by atoms with Crippen LogP contribution in [-0.4, -0.2) is 34.1 Å². The lowest BCUT2D eigenvalue weighted by atomic mass is 9.46. The third-order valence-corrected chi connectivity index (χ3v) is 8.66. The summed E-state index contributed by atoms with van der Waals surface area (Å²) in [7, 11) is 0. The number of hydrogen-bond donors (Lipinski definition) is 1. The fourth-order valence-corrected chi connectivity index (χ4v) is 7.44. The first-order chi connectivity index (χ1) is 10.9. The van der Waals surface area contributed by atoms with Crippen LogP contribution in [0.3, 0.4) is 0 Å². The van der Waals surface area contributed by atoms with E-state index in [1.807, 2.05) is 0 Å². The molecule has 0 aromatic carbocycles. The minimum Gasteiger partial charge on any atom is -0.393 e. The van der Waals surface area contributed by atoms with Crippen LogP contribution < -0.4 is 0 Å². The highest BCUT2D eigenvalue weighted by Crippen LogP contribution is 2.63.